The van der Waals surface area contributed by atoms with Crippen LogP contribution in [0.25, 0.3) is 0 Å². The molecule has 1 aliphatic heterocycles. The van der Waals surface area contributed by atoms with Crippen LogP contribution in [0.4, 0.5) is 10.5 Å². The Balaban J connectivity index is 1.94. The first-order valence-corrected chi connectivity index (χ1v) is 7.74. The summed E-state index contributed by atoms with van der Waals surface area (Å²) in [7, 11) is 1.60. The van der Waals surface area contributed by atoms with E-state index in [1.807, 2.05) is 39.0 Å². The zero-order valence-electron chi connectivity index (χ0n) is 13.6. The molecule has 1 fully saturated rings. The summed E-state index contributed by atoms with van der Waals surface area (Å²) in [6.07, 6.45) is -0.250. The van der Waals surface area contributed by atoms with Crippen LogP contribution < -0.4 is 9.64 Å². The minimum absolute atomic E-state index is 0.250. The van der Waals surface area contributed by atoms with Crippen LogP contribution in [-0.2, 0) is 4.74 Å². The fourth-order valence-corrected chi connectivity index (χ4v) is 2.58. The first-order valence-electron chi connectivity index (χ1n) is 7.36. The van der Waals surface area contributed by atoms with Crippen LogP contribution in [0.15, 0.2) is 18.2 Å². The van der Waals surface area contributed by atoms with E-state index in [9.17, 15) is 4.79 Å². The first-order chi connectivity index (χ1) is 10.3. The van der Waals surface area contributed by atoms with Gasteiger partial charge in [0.05, 0.1) is 12.1 Å². The molecule has 0 unspecified atom stereocenters. The molecule has 0 N–H and O–H groups in total. The largest absolute Gasteiger partial charge is 0.495 e. The second-order valence-electron chi connectivity index (χ2n) is 6.27. The van der Waals surface area contributed by atoms with Crippen molar-refractivity contribution in [3.63, 3.8) is 0 Å². The van der Waals surface area contributed by atoms with Gasteiger partial charge in [-0.2, -0.15) is 0 Å². The number of hydrogen-bond donors (Lipinski definition) is 0. The Morgan fingerprint density at radius 2 is 1.82 bits per heavy atom. The van der Waals surface area contributed by atoms with Crippen molar-refractivity contribution in [3.8, 4) is 5.75 Å². The van der Waals surface area contributed by atoms with Gasteiger partial charge in [0.2, 0.25) is 0 Å². The second-order valence-corrected chi connectivity index (χ2v) is 6.68. The van der Waals surface area contributed by atoms with Gasteiger partial charge < -0.3 is 19.3 Å². The molecule has 1 aromatic carbocycles. The number of benzene rings is 1. The normalized spacial score (nSPS) is 15.7. The molecular weight excluding hydrogens is 304 g/mol. The van der Waals surface area contributed by atoms with Gasteiger partial charge in [-0.15, -0.1) is 0 Å². The number of hydrogen-bond acceptors (Lipinski definition) is 4. The number of ether oxygens (including phenoxy) is 2. The number of halogens is 1. The van der Waals surface area contributed by atoms with Gasteiger partial charge in [0.15, 0.2) is 0 Å². The van der Waals surface area contributed by atoms with Crippen LogP contribution in [-0.4, -0.2) is 49.9 Å². The standard InChI is InChI=1S/C16H23ClN2O3/c1-16(2,3)22-15(20)19-9-7-18(8-10-19)12-5-6-14(21-4)13(17)11-12/h5-6,11H,7-10H2,1-4H3. The number of piperazine rings is 1. The van der Waals surface area contributed by atoms with Crippen molar-refractivity contribution in [2.45, 2.75) is 26.4 Å². The molecule has 1 amide bonds. The highest BCUT2D eigenvalue weighted by Crippen LogP contribution is 2.29. The second kappa shape index (κ2) is 6.65. The molecule has 5 nitrogen and oxygen atoms in total. The predicted octanol–water partition coefficient (Wildman–Crippen LogP) is 3.41. The van der Waals surface area contributed by atoms with Crippen molar-refractivity contribution >= 4 is 23.4 Å². The van der Waals surface area contributed by atoms with Gasteiger partial charge >= 0.3 is 6.09 Å². The van der Waals surface area contributed by atoms with Gasteiger partial charge in [-0.05, 0) is 39.0 Å². The fourth-order valence-electron chi connectivity index (χ4n) is 2.33. The van der Waals surface area contributed by atoms with E-state index in [4.69, 9.17) is 21.1 Å². The maximum absolute atomic E-state index is 12.0. The van der Waals surface area contributed by atoms with Crippen LogP contribution in [0.2, 0.25) is 5.02 Å². The lowest BCUT2D eigenvalue weighted by Gasteiger charge is -2.36. The number of amides is 1. The van der Waals surface area contributed by atoms with Crippen molar-refractivity contribution in [1.82, 2.24) is 4.90 Å². The molecule has 0 radical (unpaired) electrons. The molecular formula is C16H23ClN2O3. The summed E-state index contributed by atoms with van der Waals surface area (Å²) in [5.74, 6) is 0.665. The van der Waals surface area contributed by atoms with Gasteiger partial charge in [-0.3, -0.25) is 0 Å². The van der Waals surface area contributed by atoms with E-state index in [2.05, 4.69) is 4.90 Å². The average molecular weight is 327 g/mol. The number of rotatable bonds is 2. The molecule has 0 atom stereocenters. The monoisotopic (exact) mass is 326 g/mol. The molecule has 22 heavy (non-hydrogen) atoms. The molecule has 0 aliphatic carbocycles. The Bertz CT molecular complexity index is 535. The number of carbonyl (C=O) groups excluding carboxylic acids is 1. The molecule has 2 rings (SSSR count). The van der Waals surface area contributed by atoms with E-state index in [-0.39, 0.29) is 6.09 Å². The van der Waals surface area contributed by atoms with E-state index >= 15 is 0 Å². The Morgan fingerprint density at radius 3 is 2.32 bits per heavy atom. The minimum atomic E-state index is -0.461. The molecule has 1 aliphatic rings. The summed E-state index contributed by atoms with van der Waals surface area (Å²) in [6.45, 7) is 8.41. The molecule has 1 aromatic rings. The molecule has 0 bridgehead atoms. The highest BCUT2D eigenvalue weighted by molar-refractivity contribution is 6.32. The molecule has 6 heteroatoms. The lowest BCUT2D eigenvalue weighted by atomic mass is 10.2. The van der Waals surface area contributed by atoms with Gasteiger partial charge in [0.25, 0.3) is 0 Å². The molecule has 0 aromatic heterocycles. The maximum Gasteiger partial charge on any atom is 0.410 e. The Labute approximate surface area is 136 Å². The number of anilines is 1. The topological polar surface area (TPSA) is 42.0 Å². The van der Waals surface area contributed by atoms with Crippen LogP contribution in [0.3, 0.4) is 0 Å². The SMILES string of the molecule is COc1ccc(N2CCN(C(=O)OC(C)(C)C)CC2)cc1Cl. The smallest absolute Gasteiger partial charge is 0.410 e. The van der Waals surface area contributed by atoms with E-state index < -0.39 is 5.60 Å². The summed E-state index contributed by atoms with van der Waals surface area (Å²) in [6, 6.07) is 5.73. The summed E-state index contributed by atoms with van der Waals surface area (Å²) in [4.78, 5) is 16.0. The summed E-state index contributed by atoms with van der Waals surface area (Å²) in [5.41, 5.74) is 0.576. The lowest BCUT2D eigenvalue weighted by molar-refractivity contribution is 0.0240. The Hall–Kier alpha value is -1.62. The third-order valence-electron chi connectivity index (χ3n) is 3.43. The lowest BCUT2D eigenvalue weighted by Crippen LogP contribution is -2.50. The van der Waals surface area contributed by atoms with Crippen molar-refractivity contribution in [2.24, 2.45) is 0 Å². The van der Waals surface area contributed by atoms with E-state index in [1.54, 1.807) is 12.0 Å². The van der Waals surface area contributed by atoms with Gasteiger partial charge in [0.1, 0.15) is 11.4 Å². The summed E-state index contributed by atoms with van der Waals surface area (Å²) in [5, 5.41) is 0.592. The van der Waals surface area contributed by atoms with Crippen LogP contribution in [0.5, 0.6) is 5.75 Å². The van der Waals surface area contributed by atoms with Crippen LogP contribution in [0.1, 0.15) is 20.8 Å². The zero-order chi connectivity index (χ0) is 16.3. The van der Waals surface area contributed by atoms with Crippen molar-refractivity contribution in [3.05, 3.63) is 23.2 Å². The predicted molar refractivity (Wildman–Crippen MR) is 88.0 cm³/mol. The average Bonchev–Trinajstić information content (AvgIpc) is 2.45. The number of carbonyl (C=O) groups is 1. The van der Waals surface area contributed by atoms with Crippen molar-refractivity contribution in [2.75, 3.05) is 38.2 Å². The van der Waals surface area contributed by atoms with Crippen LogP contribution in [0, 0.1) is 0 Å². The highest BCUT2D eigenvalue weighted by atomic mass is 35.5. The fraction of sp³-hybridized carbons (Fsp3) is 0.562. The van der Waals surface area contributed by atoms with Crippen molar-refractivity contribution in [1.29, 1.82) is 0 Å². The summed E-state index contributed by atoms with van der Waals surface area (Å²) >= 11 is 6.16. The van der Waals surface area contributed by atoms with Gasteiger partial charge in [0, 0.05) is 31.9 Å². The molecule has 1 heterocycles. The molecule has 0 saturated carbocycles. The highest BCUT2D eigenvalue weighted by Gasteiger charge is 2.26. The molecule has 122 valence electrons. The minimum Gasteiger partial charge on any atom is -0.495 e. The van der Waals surface area contributed by atoms with Crippen molar-refractivity contribution < 1.29 is 14.3 Å². The van der Waals surface area contributed by atoms with Crippen LogP contribution >= 0.6 is 11.6 Å². The third-order valence-corrected chi connectivity index (χ3v) is 3.73. The number of methoxy groups -OCH3 is 1. The Kier molecular flexibility index (Phi) is 5.06. The van der Waals surface area contributed by atoms with E-state index in [0.29, 0.717) is 23.9 Å². The molecule has 1 saturated heterocycles. The number of nitrogens with zero attached hydrogens (tertiary/aromatic N) is 2. The first kappa shape index (κ1) is 16.7. The van der Waals surface area contributed by atoms with Gasteiger partial charge in [-0.25, -0.2) is 4.79 Å². The molecule has 0 spiro atoms. The summed E-state index contributed by atoms with van der Waals surface area (Å²) < 4.78 is 10.6. The van der Waals surface area contributed by atoms with Gasteiger partial charge in [-0.1, -0.05) is 11.6 Å². The quantitative estimate of drug-likeness (QED) is 0.835. The van der Waals surface area contributed by atoms with E-state index in [0.717, 1.165) is 18.8 Å². The Morgan fingerprint density at radius 1 is 1.18 bits per heavy atom. The maximum atomic E-state index is 12.0. The third kappa shape index (κ3) is 4.19. The zero-order valence-corrected chi connectivity index (χ0v) is 14.3. The van der Waals surface area contributed by atoms with E-state index in [1.165, 1.54) is 0 Å².